The van der Waals surface area contributed by atoms with Crippen molar-refractivity contribution in [2.24, 2.45) is 0 Å². The molecule has 6 nitrogen and oxygen atoms in total. The normalized spacial score (nSPS) is 11.1. The summed E-state index contributed by atoms with van der Waals surface area (Å²) in [4.78, 5) is 13.0. The van der Waals surface area contributed by atoms with Gasteiger partial charge in [0.05, 0.1) is 4.70 Å². The second-order valence-corrected chi connectivity index (χ2v) is 6.40. The minimum absolute atomic E-state index is 0.164. The summed E-state index contributed by atoms with van der Waals surface area (Å²) in [5.74, 6) is 1.12. The van der Waals surface area contributed by atoms with Crippen LogP contribution in [0.1, 0.15) is 0 Å². The predicted molar refractivity (Wildman–Crippen MR) is 98.0 cm³/mol. The van der Waals surface area contributed by atoms with Crippen LogP contribution in [0.2, 0.25) is 0 Å². The molecule has 5 rings (SSSR count). The highest BCUT2D eigenvalue weighted by Crippen LogP contribution is 2.37. The number of fused-ring (bicyclic) bond motifs is 2. The SMILES string of the molecule is c1ccc(Oc2cccc3sc(Oc4nc5ccccc5o4)nc23)nc1. The molecule has 0 bridgehead atoms. The van der Waals surface area contributed by atoms with Gasteiger partial charge in [-0.3, -0.25) is 0 Å². The lowest BCUT2D eigenvalue weighted by molar-refractivity contribution is 0.342. The van der Waals surface area contributed by atoms with Crippen LogP contribution in [0.5, 0.6) is 22.9 Å². The van der Waals surface area contributed by atoms with Crippen LogP contribution in [0.25, 0.3) is 21.3 Å². The van der Waals surface area contributed by atoms with Gasteiger partial charge in [-0.05, 0) is 30.3 Å². The van der Waals surface area contributed by atoms with E-state index in [1.54, 1.807) is 12.3 Å². The molecule has 0 atom stereocenters. The van der Waals surface area contributed by atoms with Crippen molar-refractivity contribution >= 4 is 32.7 Å². The maximum atomic E-state index is 5.84. The molecule has 0 N–H and O–H groups in total. The standard InChI is InChI=1S/C19H11N3O3S/c1-2-7-13-12(6-1)21-18(24-13)25-19-22-17-14(8-5-9-15(17)26-19)23-16-10-3-4-11-20-16/h1-11H. The molecule has 0 aliphatic rings. The van der Waals surface area contributed by atoms with Crippen molar-refractivity contribution in [2.75, 3.05) is 0 Å². The Balaban J connectivity index is 1.48. The third-order valence-corrected chi connectivity index (χ3v) is 4.56. The van der Waals surface area contributed by atoms with Gasteiger partial charge in [0.15, 0.2) is 11.3 Å². The highest BCUT2D eigenvalue weighted by molar-refractivity contribution is 7.20. The fourth-order valence-electron chi connectivity index (χ4n) is 2.52. The minimum atomic E-state index is 0.164. The van der Waals surface area contributed by atoms with Crippen molar-refractivity contribution in [3.05, 3.63) is 66.9 Å². The van der Waals surface area contributed by atoms with E-state index >= 15 is 0 Å². The van der Waals surface area contributed by atoms with E-state index in [-0.39, 0.29) is 6.08 Å². The molecule has 0 spiro atoms. The summed E-state index contributed by atoms with van der Waals surface area (Å²) < 4.78 is 18.1. The number of ether oxygens (including phenoxy) is 2. The number of pyridine rings is 1. The largest absolute Gasteiger partial charge is 0.437 e. The molecule has 26 heavy (non-hydrogen) atoms. The van der Waals surface area contributed by atoms with Gasteiger partial charge in [0.1, 0.15) is 11.0 Å². The fraction of sp³-hybridized carbons (Fsp3) is 0. The minimum Gasteiger partial charge on any atom is -0.437 e. The first-order valence-electron chi connectivity index (χ1n) is 7.87. The summed E-state index contributed by atoms with van der Waals surface area (Å²) in [6.07, 6.45) is 1.84. The van der Waals surface area contributed by atoms with Gasteiger partial charge in [0.25, 0.3) is 5.19 Å². The van der Waals surface area contributed by atoms with Crippen molar-refractivity contribution in [3.63, 3.8) is 0 Å². The van der Waals surface area contributed by atoms with E-state index < -0.39 is 0 Å². The van der Waals surface area contributed by atoms with Crippen LogP contribution in [0.3, 0.4) is 0 Å². The lowest BCUT2D eigenvalue weighted by Gasteiger charge is -2.04. The Morgan fingerprint density at radius 3 is 2.65 bits per heavy atom. The van der Waals surface area contributed by atoms with Gasteiger partial charge in [-0.1, -0.05) is 35.6 Å². The molecule has 7 heteroatoms. The first kappa shape index (κ1) is 14.9. The molecule has 3 heterocycles. The Morgan fingerprint density at radius 1 is 0.846 bits per heavy atom. The molecule has 126 valence electrons. The van der Waals surface area contributed by atoms with E-state index in [4.69, 9.17) is 13.9 Å². The fourth-order valence-corrected chi connectivity index (χ4v) is 3.35. The lowest BCUT2D eigenvalue weighted by atomic mass is 10.3. The molecular formula is C19H11N3O3S. The number of hydrogen-bond acceptors (Lipinski definition) is 7. The van der Waals surface area contributed by atoms with Crippen molar-refractivity contribution in [2.45, 2.75) is 0 Å². The summed E-state index contributed by atoms with van der Waals surface area (Å²) in [6, 6.07) is 18.7. The van der Waals surface area contributed by atoms with Crippen molar-refractivity contribution in [1.29, 1.82) is 0 Å². The van der Waals surface area contributed by atoms with Crippen LogP contribution in [0.4, 0.5) is 0 Å². The van der Waals surface area contributed by atoms with Crippen LogP contribution >= 0.6 is 11.3 Å². The average Bonchev–Trinajstić information content (AvgIpc) is 3.26. The zero-order valence-corrected chi connectivity index (χ0v) is 14.1. The molecule has 0 unspecified atom stereocenters. The second kappa shape index (κ2) is 6.12. The first-order valence-corrected chi connectivity index (χ1v) is 8.69. The van der Waals surface area contributed by atoms with Gasteiger partial charge in [-0.15, -0.1) is 0 Å². The van der Waals surface area contributed by atoms with Crippen molar-refractivity contribution < 1.29 is 13.9 Å². The number of oxazole rings is 1. The van der Waals surface area contributed by atoms with E-state index in [0.29, 0.717) is 27.9 Å². The average molecular weight is 361 g/mol. The Kier molecular flexibility index (Phi) is 3.50. The second-order valence-electron chi connectivity index (χ2n) is 5.40. The number of thiazole rings is 1. The number of benzene rings is 2. The number of rotatable bonds is 4. The Hall–Kier alpha value is -3.45. The summed E-state index contributed by atoms with van der Waals surface area (Å²) >= 11 is 1.39. The van der Waals surface area contributed by atoms with E-state index in [0.717, 1.165) is 10.2 Å². The molecule has 0 amide bonds. The number of aromatic nitrogens is 3. The van der Waals surface area contributed by atoms with Crippen molar-refractivity contribution in [3.8, 4) is 22.9 Å². The highest BCUT2D eigenvalue weighted by Gasteiger charge is 2.14. The Bertz CT molecular complexity index is 1170. The third-order valence-electron chi connectivity index (χ3n) is 3.66. The summed E-state index contributed by atoms with van der Waals surface area (Å²) in [6.45, 7) is 0. The van der Waals surface area contributed by atoms with Gasteiger partial charge in [-0.2, -0.15) is 9.97 Å². The molecule has 0 radical (unpaired) electrons. The molecule has 0 saturated carbocycles. The van der Waals surface area contributed by atoms with Crippen molar-refractivity contribution in [1.82, 2.24) is 15.0 Å². The Morgan fingerprint density at radius 2 is 1.77 bits per heavy atom. The van der Waals surface area contributed by atoms with Crippen LogP contribution in [0, 0.1) is 0 Å². The van der Waals surface area contributed by atoms with Gasteiger partial charge in [0.2, 0.25) is 5.88 Å². The Labute approximate surface area is 151 Å². The number of para-hydroxylation sites is 3. The zero-order chi connectivity index (χ0) is 17.3. The van der Waals surface area contributed by atoms with Gasteiger partial charge < -0.3 is 13.9 Å². The van der Waals surface area contributed by atoms with Gasteiger partial charge >= 0.3 is 6.08 Å². The highest BCUT2D eigenvalue weighted by atomic mass is 32.1. The summed E-state index contributed by atoms with van der Waals surface area (Å²) in [5, 5.41) is 0.434. The molecule has 0 saturated heterocycles. The molecule has 0 aliphatic heterocycles. The maximum absolute atomic E-state index is 5.84. The van der Waals surface area contributed by atoms with Crippen LogP contribution < -0.4 is 9.47 Å². The zero-order valence-electron chi connectivity index (χ0n) is 13.3. The summed E-state index contributed by atoms with van der Waals surface area (Å²) in [7, 11) is 0. The smallest absolute Gasteiger partial charge is 0.402 e. The van der Waals surface area contributed by atoms with Crippen LogP contribution in [0.15, 0.2) is 71.3 Å². The monoisotopic (exact) mass is 361 g/mol. The van der Waals surface area contributed by atoms with E-state index in [1.807, 2.05) is 54.6 Å². The van der Waals surface area contributed by atoms with Crippen LogP contribution in [-0.4, -0.2) is 15.0 Å². The molecular weight excluding hydrogens is 350 g/mol. The maximum Gasteiger partial charge on any atom is 0.402 e. The quantitative estimate of drug-likeness (QED) is 0.426. The molecule has 0 aliphatic carbocycles. The first-order chi connectivity index (χ1) is 12.8. The topological polar surface area (TPSA) is 70.3 Å². The lowest BCUT2D eigenvalue weighted by Crippen LogP contribution is -1.88. The molecule has 3 aromatic heterocycles. The molecule has 5 aromatic rings. The van der Waals surface area contributed by atoms with Gasteiger partial charge in [0, 0.05) is 12.3 Å². The van der Waals surface area contributed by atoms with E-state index in [9.17, 15) is 0 Å². The van der Waals surface area contributed by atoms with Gasteiger partial charge in [-0.25, -0.2) is 4.98 Å². The number of nitrogens with zero attached hydrogens (tertiary/aromatic N) is 3. The third kappa shape index (κ3) is 2.74. The summed E-state index contributed by atoms with van der Waals surface area (Å²) in [5.41, 5.74) is 2.11. The number of hydrogen-bond donors (Lipinski definition) is 0. The van der Waals surface area contributed by atoms with E-state index in [1.165, 1.54) is 11.3 Å². The van der Waals surface area contributed by atoms with E-state index in [2.05, 4.69) is 15.0 Å². The predicted octanol–water partition coefficient (Wildman–Crippen LogP) is 5.42. The molecule has 2 aromatic carbocycles. The molecule has 0 fully saturated rings. The van der Waals surface area contributed by atoms with Crippen LogP contribution in [-0.2, 0) is 0 Å².